The van der Waals surface area contributed by atoms with Gasteiger partial charge in [0.15, 0.2) is 0 Å². The molecule has 6 heterocycles. The van der Waals surface area contributed by atoms with Crippen molar-refractivity contribution in [2.45, 2.75) is 37.6 Å². The molecule has 5 aliphatic rings. The van der Waals surface area contributed by atoms with Crippen LogP contribution in [0.3, 0.4) is 0 Å². The summed E-state index contributed by atoms with van der Waals surface area (Å²) in [7, 11) is 0. The first-order chi connectivity index (χ1) is 27.1. The van der Waals surface area contributed by atoms with Crippen molar-refractivity contribution in [1.82, 2.24) is 25.0 Å². The number of nitrogens with zero attached hydrogens (tertiary/aromatic N) is 6. The minimum Gasteiger partial charge on any atom is -0.379 e. The highest BCUT2D eigenvalue weighted by Gasteiger charge is 2.46. The zero-order chi connectivity index (χ0) is 39.1. The minimum atomic E-state index is -1.11. The lowest BCUT2D eigenvalue weighted by atomic mass is 9.74. The molecule has 1 aromatic heterocycles. The number of amides is 5. The number of imide groups is 2. The van der Waals surface area contributed by atoms with E-state index in [1.165, 1.54) is 6.07 Å². The summed E-state index contributed by atoms with van der Waals surface area (Å²) in [6.07, 6.45) is 2.59. The van der Waals surface area contributed by atoms with Crippen molar-refractivity contribution in [3.05, 3.63) is 81.8 Å². The highest BCUT2D eigenvalue weighted by Crippen LogP contribution is 2.47. The van der Waals surface area contributed by atoms with Gasteiger partial charge in [0.05, 0.1) is 36.6 Å². The number of fused-ring (bicyclic) bond motifs is 2. The molecule has 5 aliphatic heterocycles. The summed E-state index contributed by atoms with van der Waals surface area (Å²) in [5.74, 6) is -2.31. The molecule has 3 saturated heterocycles. The highest BCUT2D eigenvalue weighted by atomic mass is 35.5. The van der Waals surface area contributed by atoms with Crippen molar-refractivity contribution >= 4 is 58.3 Å². The fourth-order valence-electron chi connectivity index (χ4n) is 8.68. The number of ether oxygens (including phenoxy) is 1. The molecule has 2 N–H and O–H groups in total. The van der Waals surface area contributed by atoms with Crippen LogP contribution < -0.4 is 20.4 Å². The number of piperidine rings is 1. The second kappa shape index (κ2) is 15.5. The number of hydrogen-bond acceptors (Lipinski definition) is 11. The Bertz CT molecular complexity index is 2090. The van der Waals surface area contributed by atoms with Crippen molar-refractivity contribution in [2.75, 3.05) is 93.8 Å². The van der Waals surface area contributed by atoms with E-state index < -0.39 is 35.5 Å². The zero-order valence-electron chi connectivity index (χ0n) is 31.2. The van der Waals surface area contributed by atoms with Gasteiger partial charge in [-0.25, -0.2) is 9.37 Å². The van der Waals surface area contributed by atoms with E-state index in [2.05, 4.69) is 44.5 Å². The number of aromatic nitrogens is 1. The SMILES string of the molecule is CCC1(c2cccc(N3CCN(CCOCCN4CCN(c5cc6c(cc5F)C(=O)N(C5CCC(=O)NC5=O)C6=O)CC4)CC3=O)c2)CNc2nccc(Cl)c21. The van der Waals surface area contributed by atoms with Gasteiger partial charge in [0.25, 0.3) is 11.8 Å². The summed E-state index contributed by atoms with van der Waals surface area (Å²) < 4.78 is 21.3. The molecule has 14 nitrogen and oxygen atoms in total. The lowest BCUT2D eigenvalue weighted by Crippen LogP contribution is -2.54. The van der Waals surface area contributed by atoms with E-state index >= 15 is 4.39 Å². The van der Waals surface area contributed by atoms with Crippen molar-refractivity contribution in [3.63, 3.8) is 0 Å². The number of benzene rings is 2. The van der Waals surface area contributed by atoms with Gasteiger partial charge >= 0.3 is 0 Å². The van der Waals surface area contributed by atoms with Gasteiger partial charge in [-0.3, -0.25) is 44.0 Å². The predicted molar refractivity (Wildman–Crippen MR) is 207 cm³/mol. The lowest BCUT2D eigenvalue weighted by Gasteiger charge is -2.36. The molecular formula is C40H44ClFN8O6. The van der Waals surface area contributed by atoms with Crippen LogP contribution in [0.1, 0.15) is 58.0 Å². The number of anilines is 3. The molecule has 2 atom stereocenters. The number of carbonyl (C=O) groups is 5. The first kappa shape index (κ1) is 37.9. The third-order valence-corrected chi connectivity index (χ3v) is 12.2. The van der Waals surface area contributed by atoms with Gasteiger partial charge in [-0.2, -0.15) is 0 Å². The van der Waals surface area contributed by atoms with Gasteiger partial charge in [0.2, 0.25) is 17.7 Å². The maximum absolute atomic E-state index is 15.3. The number of nitrogens with one attached hydrogen (secondary N) is 2. The van der Waals surface area contributed by atoms with E-state index in [9.17, 15) is 24.0 Å². The Balaban J connectivity index is 0.781. The van der Waals surface area contributed by atoms with Gasteiger partial charge in [0, 0.05) is 93.2 Å². The van der Waals surface area contributed by atoms with E-state index in [1.54, 1.807) is 6.20 Å². The van der Waals surface area contributed by atoms with Crippen LogP contribution in [0, 0.1) is 5.82 Å². The molecule has 5 amide bonds. The van der Waals surface area contributed by atoms with Gasteiger partial charge in [0.1, 0.15) is 17.7 Å². The molecule has 0 aliphatic carbocycles. The average molecular weight is 787 g/mol. The van der Waals surface area contributed by atoms with E-state index in [1.807, 2.05) is 28.0 Å². The summed E-state index contributed by atoms with van der Waals surface area (Å²) in [6, 6.07) is 11.4. The fraction of sp³-hybridized carbons (Fsp3) is 0.450. The molecule has 3 aromatic rings. The number of rotatable bonds is 11. The van der Waals surface area contributed by atoms with E-state index in [-0.39, 0.29) is 41.0 Å². The number of carbonyl (C=O) groups excluding carboxylic acids is 5. The number of pyridine rings is 1. The second-order valence-corrected chi connectivity index (χ2v) is 15.3. The fourth-order valence-corrected chi connectivity index (χ4v) is 9.01. The minimum absolute atomic E-state index is 0.0118. The molecule has 294 valence electrons. The van der Waals surface area contributed by atoms with Crippen LogP contribution in [-0.2, 0) is 24.5 Å². The Morgan fingerprint density at radius 3 is 2.39 bits per heavy atom. The van der Waals surface area contributed by atoms with E-state index in [0.29, 0.717) is 77.1 Å². The second-order valence-electron chi connectivity index (χ2n) is 14.9. The average Bonchev–Trinajstić information content (AvgIpc) is 3.70. The molecule has 2 unspecified atom stereocenters. The Morgan fingerprint density at radius 2 is 1.66 bits per heavy atom. The normalized spacial score (nSPS) is 23.1. The number of halogens is 2. The molecular weight excluding hydrogens is 743 g/mol. The van der Waals surface area contributed by atoms with Crippen LogP contribution in [0.25, 0.3) is 0 Å². The molecule has 0 bridgehead atoms. The van der Waals surface area contributed by atoms with Crippen LogP contribution in [0.4, 0.5) is 21.6 Å². The molecule has 0 spiro atoms. The van der Waals surface area contributed by atoms with Crippen LogP contribution in [-0.4, -0.2) is 134 Å². The van der Waals surface area contributed by atoms with Crippen molar-refractivity contribution < 1.29 is 33.1 Å². The van der Waals surface area contributed by atoms with Crippen molar-refractivity contribution in [1.29, 1.82) is 0 Å². The predicted octanol–water partition coefficient (Wildman–Crippen LogP) is 2.88. The third-order valence-electron chi connectivity index (χ3n) is 11.9. The molecule has 3 fully saturated rings. The molecule has 2 aromatic carbocycles. The van der Waals surface area contributed by atoms with Gasteiger partial charge in [-0.1, -0.05) is 30.7 Å². The standard InChI is InChI=1S/C40H44ClFN8O6/c1-2-40(24-44-36-35(40)29(41)8-9-43-36)25-4-3-5-26(20-25)49-15-12-47(23-34(49)52)17-19-56-18-16-46-10-13-48(14-11-46)32-22-28-27(21-30(32)42)38(54)50(39(28)55)31-6-7-33(51)45-37(31)53/h3-5,8-9,20-22,31H,2,6-7,10-19,23-24H2,1H3,(H,43,44)(H,45,51,53). The molecule has 56 heavy (non-hydrogen) atoms. The van der Waals surface area contributed by atoms with Crippen molar-refractivity contribution in [2.24, 2.45) is 0 Å². The molecule has 0 radical (unpaired) electrons. The zero-order valence-corrected chi connectivity index (χ0v) is 31.9. The van der Waals surface area contributed by atoms with Crippen LogP contribution >= 0.6 is 11.6 Å². The Morgan fingerprint density at radius 1 is 0.929 bits per heavy atom. The summed E-state index contributed by atoms with van der Waals surface area (Å²) in [5.41, 5.74) is 2.87. The van der Waals surface area contributed by atoms with Crippen LogP contribution in [0.2, 0.25) is 5.02 Å². The first-order valence-corrected chi connectivity index (χ1v) is 19.6. The summed E-state index contributed by atoms with van der Waals surface area (Å²) in [5, 5.41) is 6.28. The summed E-state index contributed by atoms with van der Waals surface area (Å²) >= 11 is 6.68. The molecule has 8 rings (SSSR count). The van der Waals surface area contributed by atoms with Gasteiger partial charge in [-0.05, 0) is 48.7 Å². The summed E-state index contributed by atoms with van der Waals surface area (Å²) in [6.45, 7) is 9.12. The molecule has 16 heteroatoms. The quantitative estimate of drug-likeness (QED) is 0.219. The Hall–Kier alpha value is -4.96. The van der Waals surface area contributed by atoms with Gasteiger partial charge in [-0.15, -0.1) is 0 Å². The van der Waals surface area contributed by atoms with Crippen molar-refractivity contribution in [3.8, 4) is 0 Å². The maximum atomic E-state index is 15.3. The lowest BCUT2D eigenvalue weighted by molar-refractivity contribution is -0.136. The summed E-state index contributed by atoms with van der Waals surface area (Å²) in [4.78, 5) is 77.1. The maximum Gasteiger partial charge on any atom is 0.262 e. The van der Waals surface area contributed by atoms with Crippen LogP contribution in [0.15, 0.2) is 48.7 Å². The Kier molecular flexibility index (Phi) is 10.5. The third kappa shape index (κ3) is 6.90. The largest absolute Gasteiger partial charge is 0.379 e. The topological polar surface area (TPSA) is 148 Å². The van der Waals surface area contributed by atoms with E-state index in [4.69, 9.17) is 16.3 Å². The Labute approximate surface area is 328 Å². The van der Waals surface area contributed by atoms with Crippen LogP contribution in [0.5, 0.6) is 0 Å². The van der Waals surface area contributed by atoms with E-state index in [0.717, 1.165) is 46.6 Å². The number of piperazine rings is 2. The van der Waals surface area contributed by atoms with Gasteiger partial charge < -0.3 is 19.9 Å². The number of hydrogen-bond donors (Lipinski definition) is 2. The first-order valence-electron chi connectivity index (χ1n) is 19.2. The smallest absolute Gasteiger partial charge is 0.262 e. The highest BCUT2D eigenvalue weighted by molar-refractivity contribution is 6.32. The monoisotopic (exact) mass is 786 g/mol. The molecule has 0 saturated carbocycles.